The molecule has 29 heavy (non-hydrogen) atoms. The Morgan fingerprint density at radius 3 is 2.48 bits per heavy atom. The van der Waals surface area contributed by atoms with Crippen LogP contribution in [0.1, 0.15) is 49.8 Å². The molecule has 3 fully saturated rings. The first-order chi connectivity index (χ1) is 13.9. The van der Waals surface area contributed by atoms with Gasteiger partial charge in [-0.15, -0.1) is 0 Å². The van der Waals surface area contributed by atoms with Gasteiger partial charge >= 0.3 is 6.03 Å². The Labute approximate surface area is 169 Å². The highest BCUT2D eigenvalue weighted by molar-refractivity contribution is 6.07. The van der Waals surface area contributed by atoms with Gasteiger partial charge in [-0.05, 0) is 49.8 Å². The number of rotatable bonds is 5. The van der Waals surface area contributed by atoms with Crippen LogP contribution in [0.4, 0.5) is 4.79 Å². The summed E-state index contributed by atoms with van der Waals surface area (Å²) < 4.78 is 0. The largest absolute Gasteiger partial charge is 0.325 e. The fraction of sp³-hybridized carbons (Fsp3) is 0.476. The predicted octanol–water partition coefficient (Wildman–Crippen LogP) is 1.82. The van der Waals surface area contributed by atoms with Crippen molar-refractivity contribution in [2.45, 2.75) is 50.2 Å². The summed E-state index contributed by atoms with van der Waals surface area (Å²) >= 11 is 0. The van der Waals surface area contributed by atoms with Crippen molar-refractivity contribution >= 4 is 23.9 Å². The fourth-order valence-corrected chi connectivity index (χ4v) is 4.24. The van der Waals surface area contributed by atoms with Gasteiger partial charge in [0.25, 0.3) is 11.8 Å². The van der Waals surface area contributed by atoms with Crippen molar-refractivity contribution < 1.29 is 19.6 Å². The smallest absolute Gasteiger partial charge is 0.323 e. The van der Waals surface area contributed by atoms with Crippen LogP contribution in [0.15, 0.2) is 30.3 Å². The zero-order valence-electron chi connectivity index (χ0n) is 16.4. The van der Waals surface area contributed by atoms with E-state index in [0.717, 1.165) is 37.1 Å². The number of likely N-dealkylation sites (tertiary alicyclic amines) is 1. The van der Waals surface area contributed by atoms with Crippen LogP contribution in [0.2, 0.25) is 0 Å². The molecule has 8 nitrogen and oxygen atoms in total. The normalized spacial score (nSPS) is 22.9. The molecule has 1 spiro atoms. The molecule has 0 radical (unpaired) electrons. The molecule has 1 atom stereocenters. The van der Waals surface area contributed by atoms with Crippen LogP contribution in [0.5, 0.6) is 0 Å². The third-order valence-corrected chi connectivity index (χ3v) is 6.26. The van der Waals surface area contributed by atoms with Crippen LogP contribution in [0, 0.1) is 0 Å². The number of nitrogens with zero attached hydrogens (tertiary/aromatic N) is 2. The maximum atomic E-state index is 12.9. The van der Waals surface area contributed by atoms with Gasteiger partial charge < -0.3 is 5.32 Å². The Hall–Kier alpha value is -2.71. The van der Waals surface area contributed by atoms with Crippen molar-refractivity contribution in [1.82, 2.24) is 20.6 Å². The van der Waals surface area contributed by atoms with Gasteiger partial charge in [0, 0.05) is 31.2 Å². The quantitative estimate of drug-likeness (QED) is 0.304. The first-order valence-corrected chi connectivity index (χ1v) is 10.1. The van der Waals surface area contributed by atoms with Crippen molar-refractivity contribution in [3.8, 4) is 0 Å². The Bertz CT molecular complexity index is 839. The average molecular weight is 398 g/mol. The molecule has 4 amide bonds. The second kappa shape index (κ2) is 7.61. The Balaban J connectivity index is 1.37. The molecule has 1 aromatic carbocycles. The molecule has 2 aliphatic heterocycles. The van der Waals surface area contributed by atoms with E-state index in [4.69, 9.17) is 5.21 Å². The van der Waals surface area contributed by atoms with Crippen LogP contribution in [0.3, 0.4) is 0 Å². The first-order valence-electron chi connectivity index (χ1n) is 10.1. The molecule has 3 aliphatic rings. The number of amides is 4. The number of hydrogen-bond donors (Lipinski definition) is 3. The Morgan fingerprint density at radius 1 is 1.24 bits per heavy atom. The Morgan fingerprint density at radius 2 is 1.90 bits per heavy atom. The number of carbonyl (C=O) groups is 3. The number of hydroxylamine groups is 1. The SMILES string of the molecule is CC(c1ccc(C=CC(=O)NO)cc1)N1CCC2(CC1)NC(=O)N(C1CC1)C2=O. The summed E-state index contributed by atoms with van der Waals surface area (Å²) in [7, 11) is 0. The minimum atomic E-state index is -0.724. The molecule has 8 heteroatoms. The highest BCUT2D eigenvalue weighted by atomic mass is 16.5. The molecule has 3 N–H and O–H groups in total. The van der Waals surface area contributed by atoms with Gasteiger partial charge in [-0.2, -0.15) is 0 Å². The lowest BCUT2D eigenvalue weighted by molar-refractivity contribution is -0.133. The van der Waals surface area contributed by atoms with Crippen LogP contribution in [-0.4, -0.2) is 57.5 Å². The number of carbonyl (C=O) groups excluding carboxylic acids is 3. The van der Waals surface area contributed by atoms with Crippen molar-refractivity contribution in [2.75, 3.05) is 13.1 Å². The number of benzene rings is 1. The van der Waals surface area contributed by atoms with Crippen LogP contribution < -0.4 is 10.8 Å². The lowest BCUT2D eigenvalue weighted by atomic mass is 9.86. The zero-order chi connectivity index (χ0) is 20.6. The summed E-state index contributed by atoms with van der Waals surface area (Å²) in [6.45, 7) is 3.61. The minimum absolute atomic E-state index is 0.0413. The topological polar surface area (TPSA) is 102 Å². The number of piperidine rings is 1. The molecular formula is C21H26N4O4. The van der Waals surface area contributed by atoms with Crippen LogP contribution in [0.25, 0.3) is 6.08 Å². The lowest BCUT2D eigenvalue weighted by Gasteiger charge is -2.40. The summed E-state index contributed by atoms with van der Waals surface area (Å²) in [5.74, 6) is -0.612. The summed E-state index contributed by atoms with van der Waals surface area (Å²) in [6.07, 6.45) is 6.00. The molecule has 1 unspecified atom stereocenters. The van der Waals surface area contributed by atoms with Gasteiger partial charge in [0.15, 0.2) is 0 Å². The van der Waals surface area contributed by atoms with E-state index in [0.29, 0.717) is 12.8 Å². The van der Waals surface area contributed by atoms with E-state index in [1.54, 1.807) is 11.6 Å². The third kappa shape index (κ3) is 3.77. The monoisotopic (exact) mass is 398 g/mol. The number of nitrogens with one attached hydrogen (secondary N) is 2. The van der Waals surface area contributed by atoms with E-state index < -0.39 is 11.4 Å². The first kappa shape index (κ1) is 19.6. The van der Waals surface area contributed by atoms with Gasteiger partial charge in [0.05, 0.1) is 0 Å². The molecule has 154 valence electrons. The molecular weight excluding hydrogens is 372 g/mol. The highest BCUT2D eigenvalue weighted by Gasteiger charge is 2.56. The fourth-order valence-electron chi connectivity index (χ4n) is 4.24. The molecule has 4 rings (SSSR count). The molecule has 1 aromatic rings. The van der Waals surface area contributed by atoms with Crippen molar-refractivity contribution in [1.29, 1.82) is 0 Å². The predicted molar refractivity (Wildman–Crippen MR) is 106 cm³/mol. The molecule has 1 saturated carbocycles. The molecule has 2 heterocycles. The summed E-state index contributed by atoms with van der Waals surface area (Å²) in [5, 5.41) is 11.5. The van der Waals surface area contributed by atoms with E-state index >= 15 is 0 Å². The van der Waals surface area contributed by atoms with E-state index in [1.165, 1.54) is 11.0 Å². The minimum Gasteiger partial charge on any atom is -0.323 e. The standard InChI is InChI=1S/C21H26N4O4/c1-14(16-5-2-15(3-6-16)4-9-18(26)23-29)24-12-10-21(11-13-24)19(27)25(17-7-8-17)20(28)22-21/h2-6,9,14,17,29H,7-8,10-13H2,1H3,(H,22,28)(H,23,26). The van der Waals surface area contributed by atoms with E-state index in [-0.39, 0.29) is 24.0 Å². The van der Waals surface area contributed by atoms with E-state index in [2.05, 4.69) is 17.1 Å². The van der Waals surface area contributed by atoms with E-state index in [1.807, 2.05) is 24.3 Å². The zero-order valence-corrected chi connectivity index (χ0v) is 16.4. The maximum Gasteiger partial charge on any atom is 0.325 e. The maximum absolute atomic E-state index is 12.9. The second-order valence-corrected chi connectivity index (χ2v) is 8.11. The number of hydrogen-bond acceptors (Lipinski definition) is 5. The lowest BCUT2D eigenvalue weighted by Crippen LogP contribution is -2.55. The Kier molecular flexibility index (Phi) is 5.14. The van der Waals surface area contributed by atoms with Crippen LogP contribution in [-0.2, 0) is 9.59 Å². The van der Waals surface area contributed by atoms with Gasteiger partial charge in [-0.3, -0.25) is 24.6 Å². The van der Waals surface area contributed by atoms with Gasteiger partial charge in [-0.25, -0.2) is 10.3 Å². The second-order valence-electron chi connectivity index (χ2n) is 8.11. The number of imide groups is 1. The van der Waals surface area contributed by atoms with Gasteiger partial charge in [0.1, 0.15) is 5.54 Å². The van der Waals surface area contributed by atoms with Crippen molar-refractivity contribution in [3.63, 3.8) is 0 Å². The van der Waals surface area contributed by atoms with Gasteiger partial charge in [-0.1, -0.05) is 24.3 Å². The average Bonchev–Trinajstić information content (AvgIpc) is 3.54. The molecule has 0 aromatic heterocycles. The van der Waals surface area contributed by atoms with Crippen LogP contribution >= 0.6 is 0 Å². The summed E-state index contributed by atoms with van der Waals surface area (Å²) in [6, 6.07) is 7.94. The van der Waals surface area contributed by atoms with Crippen molar-refractivity contribution in [2.24, 2.45) is 0 Å². The highest BCUT2D eigenvalue weighted by Crippen LogP contribution is 2.38. The molecule has 2 saturated heterocycles. The third-order valence-electron chi connectivity index (χ3n) is 6.26. The molecule has 0 bridgehead atoms. The summed E-state index contributed by atoms with van der Waals surface area (Å²) in [5.41, 5.74) is 2.84. The summed E-state index contributed by atoms with van der Waals surface area (Å²) in [4.78, 5) is 40.0. The van der Waals surface area contributed by atoms with Gasteiger partial charge in [0.2, 0.25) is 0 Å². The molecule has 1 aliphatic carbocycles. The van der Waals surface area contributed by atoms with Crippen molar-refractivity contribution in [3.05, 3.63) is 41.5 Å². The number of urea groups is 1. The van der Waals surface area contributed by atoms with E-state index in [9.17, 15) is 14.4 Å².